The lowest BCUT2D eigenvalue weighted by Crippen LogP contribution is -2.27. The van der Waals surface area contributed by atoms with Crippen LogP contribution >= 0.6 is 27.5 Å². The Kier molecular flexibility index (Phi) is 6.31. The molecule has 1 saturated carbocycles. The Bertz CT molecular complexity index is 444. The SMILES string of the molecule is CNC(c1cc(Cl)c(Br)cc1F)C1CCCCCCC1. The third kappa shape index (κ3) is 3.96. The maximum atomic E-state index is 14.3. The standard InChI is InChI=1S/C16H22BrClFN/c1-20-16(11-7-5-3-2-4-6-8-11)12-9-14(18)13(17)10-15(12)19/h9-11,16,20H,2-8H2,1H3. The van der Waals surface area contributed by atoms with Crippen molar-refractivity contribution >= 4 is 27.5 Å². The molecule has 1 aromatic rings. The summed E-state index contributed by atoms with van der Waals surface area (Å²) >= 11 is 9.42. The molecule has 4 heteroatoms. The summed E-state index contributed by atoms with van der Waals surface area (Å²) in [4.78, 5) is 0. The van der Waals surface area contributed by atoms with Gasteiger partial charge in [-0.2, -0.15) is 0 Å². The molecule has 1 aliphatic rings. The molecule has 1 nitrogen and oxygen atoms in total. The van der Waals surface area contributed by atoms with Gasteiger partial charge in [0.15, 0.2) is 0 Å². The fraction of sp³-hybridized carbons (Fsp3) is 0.625. The van der Waals surface area contributed by atoms with Crippen molar-refractivity contribution < 1.29 is 4.39 Å². The molecule has 1 N–H and O–H groups in total. The lowest BCUT2D eigenvalue weighted by atomic mass is 9.83. The minimum Gasteiger partial charge on any atom is -0.313 e. The second-order valence-corrected chi connectivity index (χ2v) is 6.92. The second kappa shape index (κ2) is 7.77. The van der Waals surface area contributed by atoms with E-state index in [1.807, 2.05) is 7.05 Å². The first kappa shape index (κ1) is 16.3. The van der Waals surface area contributed by atoms with Crippen molar-refractivity contribution in [2.45, 2.75) is 51.0 Å². The Balaban J connectivity index is 2.24. The zero-order valence-corrected chi connectivity index (χ0v) is 14.2. The maximum absolute atomic E-state index is 14.3. The number of nitrogens with one attached hydrogen (secondary N) is 1. The lowest BCUT2D eigenvalue weighted by molar-refractivity contribution is 0.294. The summed E-state index contributed by atoms with van der Waals surface area (Å²) < 4.78 is 14.9. The average Bonchev–Trinajstić information content (AvgIpc) is 2.38. The van der Waals surface area contributed by atoms with Crippen LogP contribution in [0.4, 0.5) is 4.39 Å². The smallest absolute Gasteiger partial charge is 0.129 e. The molecular formula is C16H22BrClFN. The van der Waals surface area contributed by atoms with E-state index in [1.165, 1.54) is 51.0 Å². The van der Waals surface area contributed by atoms with Crippen LogP contribution in [-0.2, 0) is 0 Å². The van der Waals surface area contributed by atoms with Gasteiger partial charge in [0.05, 0.1) is 5.02 Å². The van der Waals surface area contributed by atoms with E-state index in [0.29, 0.717) is 21.0 Å². The van der Waals surface area contributed by atoms with Crippen LogP contribution in [0.3, 0.4) is 0 Å². The van der Waals surface area contributed by atoms with Crippen molar-refractivity contribution in [3.63, 3.8) is 0 Å². The topological polar surface area (TPSA) is 12.0 Å². The van der Waals surface area contributed by atoms with Crippen molar-refractivity contribution in [3.8, 4) is 0 Å². The predicted octanol–water partition coefficient (Wildman–Crippen LogP) is 5.86. The van der Waals surface area contributed by atoms with Gasteiger partial charge in [0.1, 0.15) is 5.82 Å². The first-order valence-corrected chi connectivity index (χ1v) is 8.62. The third-order valence-electron chi connectivity index (χ3n) is 4.31. The number of benzene rings is 1. The monoisotopic (exact) mass is 361 g/mol. The van der Waals surface area contributed by atoms with E-state index in [0.717, 1.165) is 0 Å². The van der Waals surface area contributed by atoms with Gasteiger partial charge in [-0.1, -0.05) is 43.7 Å². The van der Waals surface area contributed by atoms with Crippen molar-refractivity contribution in [1.82, 2.24) is 5.32 Å². The molecule has 1 fully saturated rings. The Labute approximate surface area is 134 Å². The van der Waals surface area contributed by atoms with E-state index in [1.54, 1.807) is 6.07 Å². The van der Waals surface area contributed by atoms with Crippen LogP contribution < -0.4 is 5.32 Å². The summed E-state index contributed by atoms with van der Waals surface area (Å²) in [5, 5.41) is 3.89. The van der Waals surface area contributed by atoms with E-state index >= 15 is 0 Å². The van der Waals surface area contributed by atoms with Crippen molar-refractivity contribution in [2.24, 2.45) is 5.92 Å². The van der Waals surface area contributed by atoms with Crippen molar-refractivity contribution in [2.75, 3.05) is 7.05 Å². The minimum absolute atomic E-state index is 0.0544. The first-order chi connectivity index (χ1) is 9.63. The molecule has 0 spiro atoms. The molecule has 0 heterocycles. The Morgan fingerprint density at radius 1 is 1.20 bits per heavy atom. The fourth-order valence-corrected chi connectivity index (χ4v) is 3.73. The van der Waals surface area contributed by atoms with Gasteiger partial charge in [-0.15, -0.1) is 0 Å². The highest BCUT2D eigenvalue weighted by Gasteiger charge is 2.25. The van der Waals surface area contributed by atoms with Crippen molar-refractivity contribution in [1.29, 1.82) is 0 Å². The van der Waals surface area contributed by atoms with E-state index in [-0.39, 0.29) is 11.9 Å². The summed E-state index contributed by atoms with van der Waals surface area (Å²) in [5.74, 6) is 0.315. The number of hydrogen-bond donors (Lipinski definition) is 1. The van der Waals surface area contributed by atoms with Crippen LogP contribution in [0.25, 0.3) is 0 Å². The van der Waals surface area contributed by atoms with Gasteiger partial charge in [0.25, 0.3) is 0 Å². The normalized spacial score (nSPS) is 19.4. The van der Waals surface area contributed by atoms with Gasteiger partial charge in [-0.3, -0.25) is 0 Å². The van der Waals surface area contributed by atoms with Crippen LogP contribution in [0.5, 0.6) is 0 Å². The minimum atomic E-state index is -0.178. The Hall–Kier alpha value is -0.120. The highest BCUT2D eigenvalue weighted by Crippen LogP contribution is 2.36. The molecule has 0 bridgehead atoms. The molecule has 1 aliphatic carbocycles. The molecule has 1 atom stereocenters. The Morgan fingerprint density at radius 2 is 1.80 bits per heavy atom. The molecular weight excluding hydrogens is 341 g/mol. The average molecular weight is 363 g/mol. The van der Waals surface area contributed by atoms with E-state index in [9.17, 15) is 4.39 Å². The summed E-state index contributed by atoms with van der Waals surface area (Å²) in [5.41, 5.74) is 0.700. The highest BCUT2D eigenvalue weighted by atomic mass is 79.9. The molecule has 0 saturated heterocycles. The molecule has 0 amide bonds. The van der Waals surface area contributed by atoms with Gasteiger partial charge in [0, 0.05) is 16.1 Å². The largest absolute Gasteiger partial charge is 0.313 e. The Morgan fingerprint density at radius 3 is 2.40 bits per heavy atom. The first-order valence-electron chi connectivity index (χ1n) is 7.45. The number of rotatable bonds is 3. The van der Waals surface area contributed by atoms with Gasteiger partial charge in [-0.05, 0) is 53.9 Å². The zero-order valence-electron chi connectivity index (χ0n) is 11.9. The molecule has 20 heavy (non-hydrogen) atoms. The maximum Gasteiger partial charge on any atom is 0.129 e. The van der Waals surface area contributed by atoms with Crippen molar-refractivity contribution in [3.05, 3.63) is 33.0 Å². The van der Waals surface area contributed by atoms with Crippen LogP contribution in [0.15, 0.2) is 16.6 Å². The van der Waals surface area contributed by atoms with Crippen LogP contribution in [0, 0.1) is 11.7 Å². The summed E-state index contributed by atoms with van der Waals surface area (Å²) in [6.45, 7) is 0. The fourth-order valence-electron chi connectivity index (χ4n) is 3.24. The zero-order chi connectivity index (χ0) is 14.5. The summed E-state index contributed by atoms with van der Waals surface area (Å²) in [6.07, 6.45) is 8.77. The molecule has 112 valence electrons. The predicted molar refractivity (Wildman–Crippen MR) is 86.7 cm³/mol. The van der Waals surface area contributed by atoms with Gasteiger partial charge in [-0.25, -0.2) is 4.39 Å². The van der Waals surface area contributed by atoms with Crippen LogP contribution in [-0.4, -0.2) is 7.05 Å². The van der Waals surface area contributed by atoms with E-state index in [2.05, 4.69) is 21.2 Å². The third-order valence-corrected chi connectivity index (χ3v) is 5.50. The second-order valence-electron chi connectivity index (χ2n) is 5.66. The molecule has 2 rings (SSSR count). The molecule has 1 aromatic carbocycles. The lowest BCUT2D eigenvalue weighted by Gasteiger charge is -2.29. The summed E-state index contributed by atoms with van der Waals surface area (Å²) in [7, 11) is 1.92. The van der Waals surface area contributed by atoms with Gasteiger partial charge < -0.3 is 5.32 Å². The number of hydrogen-bond acceptors (Lipinski definition) is 1. The number of halogens is 3. The quantitative estimate of drug-likeness (QED) is 0.664. The van der Waals surface area contributed by atoms with E-state index < -0.39 is 0 Å². The molecule has 1 unspecified atom stereocenters. The van der Waals surface area contributed by atoms with Crippen LogP contribution in [0.1, 0.15) is 56.6 Å². The van der Waals surface area contributed by atoms with E-state index in [4.69, 9.17) is 11.6 Å². The molecule has 0 aliphatic heterocycles. The van der Waals surface area contributed by atoms with Crippen LogP contribution in [0.2, 0.25) is 5.02 Å². The highest BCUT2D eigenvalue weighted by molar-refractivity contribution is 9.10. The molecule has 0 aromatic heterocycles. The summed E-state index contributed by atoms with van der Waals surface area (Å²) in [6, 6.07) is 3.30. The van der Waals surface area contributed by atoms with Gasteiger partial charge in [0.2, 0.25) is 0 Å². The van der Waals surface area contributed by atoms with Gasteiger partial charge >= 0.3 is 0 Å². The molecule has 0 radical (unpaired) electrons.